The first-order valence-electron chi connectivity index (χ1n) is 9.67. The minimum atomic E-state index is -4.42. The van der Waals surface area contributed by atoms with Crippen LogP contribution in [0.1, 0.15) is 27.0 Å². The van der Waals surface area contributed by atoms with Gasteiger partial charge in [0.25, 0.3) is 5.91 Å². The summed E-state index contributed by atoms with van der Waals surface area (Å²) in [5, 5.41) is 4.65. The molecular formula is C22H20ClF3N4O. The first-order chi connectivity index (χ1) is 14.7. The van der Waals surface area contributed by atoms with E-state index in [1.165, 1.54) is 6.07 Å². The molecule has 31 heavy (non-hydrogen) atoms. The second-order valence-corrected chi connectivity index (χ2v) is 7.97. The summed E-state index contributed by atoms with van der Waals surface area (Å²) in [7, 11) is 1.78. The first kappa shape index (κ1) is 21.4. The van der Waals surface area contributed by atoms with E-state index in [-0.39, 0.29) is 18.9 Å². The summed E-state index contributed by atoms with van der Waals surface area (Å²) in [6, 6.07) is 10.2. The maximum absolute atomic E-state index is 13.0. The van der Waals surface area contributed by atoms with Crippen LogP contribution in [0.25, 0.3) is 11.3 Å². The van der Waals surface area contributed by atoms with Crippen molar-refractivity contribution in [3.8, 4) is 11.3 Å². The molecule has 1 amide bonds. The Morgan fingerprint density at radius 3 is 2.65 bits per heavy atom. The van der Waals surface area contributed by atoms with Crippen molar-refractivity contribution < 1.29 is 18.0 Å². The van der Waals surface area contributed by atoms with Crippen LogP contribution in [0.2, 0.25) is 5.02 Å². The van der Waals surface area contributed by atoms with E-state index in [1.54, 1.807) is 35.0 Å². The van der Waals surface area contributed by atoms with Gasteiger partial charge in [0.15, 0.2) is 0 Å². The average molecular weight is 449 g/mol. The number of carbonyl (C=O) groups excluding carboxylic acids is 1. The summed E-state index contributed by atoms with van der Waals surface area (Å²) in [5.41, 5.74) is 8.65. The molecule has 0 radical (unpaired) electrons. The molecule has 0 bridgehead atoms. The van der Waals surface area contributed by atoms with E-state index in [1.807, 2.05) is 12.1 Å². The minimum absolute atomic E-state index is 0.135. The third kappa shape index (κ3) is 4.05. The predicted octanol–water partition coefficient (Wildman–Crippen LogP) is 4.29. The molecule has 5 nitrogen and oxygen atoms in total. The van der Waals surface area contributed by atoms with Crippen molar-refractivity contribution in [1.29, 1.82) is 0 Å². The Labute approximate surface area is 182 Å². The van der Waals surface area contributed by atoms with Crippen LogP contribution in [0.15, 0.2) is 48.7 Å². The molecule has 2 aromatic carbocycles. The number of nitrogens with two attached hydrogens (primary N) is 1. The Hall–Kier alpha value is -2.84. The predicted molar refractivity (Wildman–Crippen MR) is 112 cm³/mol. The van der Waals surface area contributed by atoms with E-state index in [0.29, 0.717) is 22.7 Å². The lowest BCUT2D eigenvalue weighted by molar-refractivity contribution is -0.137. The SMILES string of the molecule is Cn1ncc(Cl)c1-c1ccc2c(c1)CN(C(CN)Cc1cccc(C(F)(F)F)c1)C2=O. The van der Waals surface area contributed by atoms with Gasteiger partial charge in [-0.1, -0.05) is 35.9 Å². The van der Waals surface area contributed by atoms with Crippen LogP contribution in [0.3, 0.4) is 0 Å². The average Bonchev–Trinajstić information content (AvgIpc) is 3.24. The Bertz CT molecular complexity index is 1120. The number of amides is 1. The van der Waals surface area contributed by atoms with Gasteiger partial charge >= 0.3 is 6.18 Å². The van der Waals surface area contributed by atoms with E-state index in [4.69, 9.17) is 17.3 Å². The van der Waals surface area contributed by atoms with Gasteiger partial charge in [-0.2, -0.15) is 18.3 Å². The van der Waals surface area contributed by atoms with Crippen molar-refractivity contribution in [3.05, 3.63) is 75.9 Å². The highest BCUT2D eigenvalue weighted by molar-refractivity contribution is 6.33. The number of nitrogens with zero attached hydrogens (tertiary/aromatic N) is 3. The van der Waals surface area contributed by atoms with Crippen molar-refractivity contribution in [2.75, 3.05) is 6.54 Å². The lowest BCUT2D eigenvalue weighted by Gasteiger charge is -2.27. The third-order valence-electron chi connectivity index (χ3n) is 5.54. The van der Waals surface area contributed by atoms with Crippen LogP contribution in [-0.4, -0.2) is 33.2 Å². The van der Waals surface area contributed by atoms with Gasteiger partial charge in [0.2, 0.25) is 0 Å². The summed E-state index contributed by atoms with van der Waals surface area (Å²) >= 11 is 6.24. The second-order valence-electron chi connectivity index (χ2n) is 7.56. The van der Waals surface area contributed by atoms with Gasteiger partial charge in [0.05, 0.1) is 22.5 Å². The highest BCUT2D eigenvalue weighted by Crippen LogP contribution is 2.33. The van der Waals surface area contributed by atoms with E-state index in [0.717, 1.165) is 29.0 Å². The van der Waals surface area contributed by atoms with E-state index < -0.39 is 17.8 Å². The molecule has 1 aliphatic heterocycles. The lowest BCUT2D eigenvalue weighted by Crippen LogP contribution is -2.42. The van der Waals surface area contributed by atoms with Crippen LogP contribution in [-0.2, 0) is 26.2 Å². The van der Waals surface area contributed by atoms with Gasteiger partial charge in [-0.15, -0.1) is 0 Å². The maximum atomic E-state index is 13.0. The molecule has 2 heterocycles. The molecule has 0 fully saturated rings. The number of aryl methyl sites for hydroxylation is 1. The fourth-order valence-electron chi connectivity index (χ4n) is 3.99. The molecule has 9 heteroatoms. The number of alkyl halides is 3. The van der Waals surface area contributed by atoms with Crippen LogP contribution in [0, 0.1) is 0 Å². The van der Waals surface area contributed by atoms with Crippen LogP contribution in [0.4, 0.5) is 13.2 Å². The molecule has 2 N–H and O–H groups in total. The normalized spacial score (nSPS) is 14.8. The number of benzene rings is 2. The Kier molecular flexibility index (Phi) is 5.53. The van der Waals surface area contributed by atoms with E-state index in [9.17, 15) is 18.0 Å². The number of aromatic nitrogens is 2. The first-order valence-corrected chi connectivity index (χ1v) is 10.0. The Balaban J connectivity index is 1.59. The van der Waals surface area contributed by atoms with E-state index in [2.05, 4.69) is 5.10 Å². The van der Waals surface area contributed by atoms with Gasteiger partial charge in [-0.3, -0.25) is 9.48 Å². The molecule has 1 aliphatic rings. The van der Waals surface area contributed by atoms with Gasteiger partial charge < -0.3 is 10.6 Å². The molecule has 0 spiro atoms. The Morgan fingerprint density at radius 2 is 2.00 bits per heavy atom. The maximum Gasteiger partial charge on any atom is 0.416 e. The fraction of sp³-hybridized carbons (Fsp3) is 0.273. The number of carbonyl (C=O) groups is 1. The molecule has 0 saturated carbocycles. The third-order valence-corrected chi connectivity index (χ3v) is 5.82. The van der Waals surface area contributed by atoms with Gasteiger partial charge in [0.1, 0.15) is 0 Å². The van der Waals surface area contributed by atoms with Crippen molar-refractivity contribution in [3.63, 3.8) is 0 Å². The molecule has 162 valence electrons. The van der Waals surface area contributed by atoms with Crippen LogP contribution in [0.5, 0.6) is 0 Å². The zero-order chi connectivity index (χ0) is 22.3. The fourth-order valence-corrected chi connectivity index (χ4v) is 4.26. The zero-order valence-corrected chi connectivity index (χ0v) is 17.4. The van der Waals surface area contributed by atoms with Crippen LogP contribution < -0.4 is 5.73 Å². The number of hydrogen-bond acceptors (Lipinski definition) is 3. The van der Waals surface area contributed by atoms with E-state index >= 15 is 0 Å². The number of rotatable bonds is 5. The molecule has 1 unspecified atom stereocenters. The topological polar surface area (TPSA) is 64.2 Å². The van der Waals surface area contributed by atoms with Crippen molar-refractivity contribution >= 4 is 17.5 Å². The number of hydrogen-bond donors (Lipinski definition) is 1. The molecule has 1 atom stereocenters. The van der Waals surface area contributed by atoms with Crippen molar-refractivity contribution in [1.82, 2.24) is 14.7 Å². The summed E-state index contributed by atoms with van der Waals surface area (Å²) in [6.07, 6.45) is -2.63. The largest absolute Gasteiger partial charge is 0.416 e. The van der Waals surface area contributed by atoms with Gasteiger partial charge in [-0.25, -0.2) is 0 Å². The van der Waals surface area contributed by atoms with Crippen molar-refractivity contribution in [2.45, 2.75) is 25.2 Å². The molecule has 1 aromatic heterocycles. The molecule has 0 saturated heterocycles. The minimum Gasteiger partial charge on any atom is -0.330 e. The molecule has 0 aliphatic carbocycles. The zero-order valence-electron chi connectivity index (χ0n) is 16.7. The van der Waals surface area contributed by atoms with Crippen molar-refractivity contribution in [2.24, 2.45) is 12.8 Å². The lowest BCUT2D eigenvalue weighted by atomic mass is 10.0. The number of fused-ring (bicyclic) bond motifs is 1. The monoisotopic (exact) mass is 448 g/mol. The van der Waals surface area contributed by atoms with Gasteiger partial charge in [0, 0.05) is 37.3 Å². The molecule has 3 aromatic rings. The summed E-state index contributed by atoms with van der Waals surface area (Å²) in [5.74, 6) is -0.180. The van der Waals surface area contributed by atoms with Gasteiger partial charge in [-0.05, 0) is 35.7 Å². The smallest absolute Gasteiger partial charge is 0.330 e. The summed E-state index contributed by atoms with van der Waals surface area (Å²) in [4.78, 5) is 14.6. The molecule has 4 rings (SSSR count). The number of halogens is 4. The highest BCUT2D eigenvalue weighted by atomic mass is 35.5. The van der Waals surface area contributed by atoms with Crippen LogP contribution >= 0.6 is 11.6 Å². The summed E-state index contributed by atoms with van der Waals surface area (Å²) < 4.78 is 40.8. The highest BCUT2D eigenvalue weighted by Gasteiger charge is 2.34. The Morgan fingerprint density at radius 1 is 1.23 bits per heavy atom. The quantitative estimate of drug-likeness (QED) is 0.633. The second kappa shape index (κ2) is 8.01. The standard InChI is InChI=1S/C22H20ClF3N4O/c1-29-20(19(23)11-28-29)14-5-6-18-15(9-14)12-30(21(18)31)17(10-27)8-13-3-2-4-16(7-13)22(24,25)26/h2-7,9,11,17H,8,10,12,27H2,1H3. The summed E-state index contributed by atoms with van der Waals surface area (Å²) in [6.45, 7) is 0.467. The molecular weight excluding hydrogens is 429 g/mol.